The molecule has 134 valence electrons. The summed E-state index contributed by atoms with van der Waals surface area (Å²) < 4.78 is 5.05. The quantitative estimate of drug-likeness (QED) is 0.507. The summed E-state index contributed by atoms with van der Waals surface area (Å²) in [6.07, 6.45) is 2.70. The van der Waals surface area contributed by atoms with Crippen molar-refractivity contribution in [3.63, 3.8) is 0 Å². The summed E-state index contributed by atoms with van der Waals surface area (Å²) in [5.41, 5.74) is -0.387. The Kier molecular flexibility index (Phi) is 5.69. The van der Waals surface area contributed by atoms with Crippen LogP contribution in [0.1, 0.15) is 32.0 Å². The highest BCUT2D eigenvalue weighted by Gasteiger charge is 2.15. The van der Waals surface area contributed by atoms with Crippen molar-refractivity contribution in [2.45, 2.75) is 6.92 Å². The molecule has 3 N–H and O–H groups in total. The van der Waals surface area contributed by atoms with Crippen molar-refractivity contribution >= 4 is 23.8 Å². The summed E-state index contributed by atoms with van der Waals surface area (Å²) in [7, 11) is 0. The number of carboxylic acid groups (broad SMARTS) is 2. The average Bonchev–Trinajstić information content (AvgIpc) is 2.58. The molecule has 8 heteroatoms. The number of ketones is 1. The number of hydrogen-bond acceptors (Lipinski definition) is 5. The summed E-state index contributed by atoms with van der Waals surface area (Å²) in [6, 6.07) is 7.48. The number of H-pyrrole nitrogens is 1. The van der Waals surface area contributed by atoms with E-state index in [0.29, 0.717) is 11.3 Å². The van der Waals surface area contributed by atoms with Crippen LogP contribution in [0.2, 0.25) is 0 Å². The SMILES string of the molecule is Cc1[nH]c(=O)c(C(=O)O)cc1C(=O)/C=C/c1cccc(OCC(=O)O)c1. The number of carbonyl (C=O) groups excluding carboxylic acids is 1. The maximum Gasteiger partial charge on any atom is 0.341 e. The highest BCUT2D eigenvalue weighted by Crippen LogP contribution is 2.15. The number of pyridine rings is 1. The molecule has 2 rings (SSSR count). The van der Waals surface area contributed by atoms with Crippen LogP contribution < -0.4 is 10.3 Å². The molecule has 0 unspecified atom stereocenters. The molecule has 1 heterocycles. The smallest absolute Gasteiger partial charge is 0.341 e. The van der Waals surface area contributed by atoms with Crippen molar-refractivity contribution in [3.05, 3.63) is 69.1 Å². The number of allylic oxidation sites excluding steroid dienone is 1. The van der Waals surface area contributed by atoms with Gasteiger partial charge in [-0.3, -0.25) is 9.59 Å². The van der Waals surface area contributed by atoms with E-state index >= 15 is 0 Å². The summed E-state index contributed by atoms with van der Waals surface area (Å²) in [5.74, 6) is -2.69. The molecular formula is C18H15NO7. The Morgan fingerprint density at radius 2 is 1.88 bits per heavy atom. The maximum absolute atomic E-state index is 12.3. The maximum atomic E-state index is 12.3. The number of hydrogen-bond donors (Lipinski definition) is 3. The second kappa shape index (κ2) is 7.93. The van der Waals surface area contributed by atoms with E-state index in [2.05, 4.69) is 4.98 Å². The zero-order valence-corrected chi connectivity index (χ0v) is 13.7. The van der Waals surface area contributed by atoms with Crippen LogP contribution in [0.4, 0.5) is 0 Å². The van der Waals surface area contributed by atoms with Crippen LogP contribution in [-0.2, 0) is 4.79 Å². The number of aliphatic carboxylic acids is 1. The molecule has 0 atom stereocenters. The Hall–Kier alpha value is -3.68. The molecule has 0 saturated heterocycles. The number of carboxylic acids is 2. The molecule has 0 fully saturated rings. The van der Waals surface area contributed by atoms with E-state index < -0.39 is 35.5 Å². The Balaban J connectivity index is 2.23. The van der Waals surface area contributed by atoms with E-state index in [9.17, 15) is 19.2 Å². The average molecular weight is 357 g/mol. The molecule has 8 nitrogen and oxygen atoms in total. The topological polar surface area (TPSA) is 134 Å². The Morgan fingerprint density at radius 3 is 2.54 bits per heavy atom. The van der Waals surface area contributed by atoms with E-state index in [4.69, 9.17) is 14.9 Å². The van der Waals surface area contributed by atoms with E-state index in [1.807, 2.05) is 0 Å². The van der Waals surface area contributed by atoms with Crippen molar-refractivity contribution in [1.29, 1.82) is 0 Å². The van der Waals surface area contributed by atoms with Crippen LogP contribution in [0, 0.1) is 6.92 Å². The largest absolute Gasteiger partial charge is 0.482 e. The minimum atomic E-state index is -1.42. The van der Waals surface area contributed by atoms with Crippen molar-refractivity contribution in [3.8, 4) is 5.75 Å². The van der Waals surface area contributed by atoms with E-state index in [1.54, 1.807) is 24.3 Å². The van der Waals surface area contributed by atoms with Gasteiger partial charge >= 0.3 is 11.9 Å². The van der Waals surface area contributed by atoms with Gasteiger partial charge in [-0.1, -0.05) is 18.2 Å². The predicted octanol–water partition coefficient (Wildman–Crippen LogP) is 1.74. The number of benzene rings is 1. The fourth-order valence-corrected chi connectivity index (χ4v) is 2.15. The first-order valence-electron chi connectivity index (χ1n) is 7.42. The number of nitrogens with one attached hydrogen (secondary N) is 1. The molecule has 0 aliphatic rings. The molecule has 0 radical (unpaired) electrons. The minimum absolute atomic E-state index is 0.0662. The summed E-state index contributed by atoms with van der Waals surface area (Å²) in [6.45, 7) is 1.01. The van der Waals surface area contributed by atoms with Gasteiger partial charge in [0.25, 0.3) is 5.56 Å². The summed E-state index contributed by atoms with van der Waals surface area (Å²) in [5, 5.41) is 17.6. The number of aryl methyl sites for hydroxylation is 1. The minimum Gasteiger partial charge on any atom is -0.482 e. The zero-order chi connectivity index (χ0) is 19.3. The van der Waals surface area contributed by atoms with Crippen LogP contribution in [-0.4, -0.2) is 39.5 Å². The molecular weight excluding hydrogens is 342 g/mol. The van der Waals surface area contributed by atoms with Gasteiger partial charge in [0.05, 0.1) is 0 Å². The number of ether oxygens (including phenoxy) is 1. The van der Waals surface area contributed by atoms with E-state index in [0.717, 1.165) is 6.07 Å². The van der Waals surface area contributed by atoms with Crippen LogP contribution in [0.3, 0.4) is 0 Å². The van der Waals surface area contributed by atoms with Gasteiger partial charge in [-0.15, -0.1) is 0 Å². The molecule has 0 aliphatic heterocycles. The monoisotopic (exact) mass is 357 g/mol. The Morgan fingerprint density at radius 1 is 1.15 bits per heavy atom. The highest BCUT2D eigenvalue weighted by molar-refractivity contribution is 6.08. The molecule has 2 aromatic rings. The first-order chi connectivity index (χ1) is 12.3. The molecule has 0 bridgehead atoms. The second-order valence-corrected chi connectivity index (χ2v) is 5.31. The summed E-state index contributed by atoms with van der Waals surface area (Å²) >= 11 is 0. The number of aromatic amines is 1. The van der Waals surface area contributed by atoms with E-state index in [1.165, 1.54) is 19.1 Å². The zero-order valence-electron chi connectivity index (χ0n) is 13.7. The van der Waals surface area contributed by atoms with Gasteiger partial charge in [0.2, 0.25) is 0 Å². The molecule has 0 aliphatic carbocycles. The summed E-state index contributed by atoms with van der Waals surface area (Å²) in [4.78, 5) is 47.8. The number of rotatable bonds is 7. The first-order valence-corrected chi connectivity index (χ1v) is 7.42. The lowest BCUT2D eigenvalue weighted by Gasteiger charge is -2.04. The van der Waals surface area contributed by atoms with Gasteiger partial charge in [-0.2, -0.15) is 0 Å². The van der Waals surface area contributed by atoms with Crippen molar-refractivity contribution < 1.29 is 29.3 Å². The lowest BCUT2D eigenvalue weighted by molar-refractivity contribution is -0.139. The predicted molar refractivity (Wildman–Crippen MR) is 91.7 cm³/mol. The van der Waals surface area contributed by atoms with Crippen LogP contribution in [0.5, 0.6) is 5.75 Å². The number of carbonyl (C=O) groups is 3. The van der Waals surface area contributed by atoms with Crippen molar-refractivity contribution in [2.75, 3.05) is 6.61 Å². The third-order valence-electron chi connectivity index (χ3n) is 3.38. The molecule has 1 aromatic heterocycles. The normalized spacial score (nSPS) is 10.7. The molecule has 26 heavy (non-hydrogen) atoms. The van der Waals surface area contributed by atoms with Gasteiger partial charge in [0, 0.05) is 11.3 Å². The fraction of sp³-hybridized carbons (Fsp3) is 0.111. The number of aromatic nitrogens is 1. The van der Waals surface area contributed by atoms with Gasteiger partial charge in [-0.25, -0.2) is 9.59 Å². The van der Waals surface area contributed by atoms with Crippen molar-refractivity contribution in [2.24, 2.45) is 0 Å². The third-order valence-corrected chi connectivity index (χ3v) is 3.38. The molecule has 0 amide bonds. The molecule has 0 saturated carbocycles. The second-order valence-electron chi connectivity index (χ2n) is 5.31. The highest BCUT2D eigenvalue weighted by atomic mass is 16.5. The number of aromatic carboxylic acids is 1. The molecule has 0 spiro atoms. The van der Waals surface area contributed by atoms with Crippen LogP contribution in [0.15, 0.2) is 41.2 Å². The Bertz CT molecular complexity index is 956. The lowest BCUT2D eigenvalue weighted by atomic mass is 10.1. The first kappa shape index (κ1) is 18.7. The van der Waals surface area contributed by atoms with Crippen LogP contribution in [0.25, 0.3) is 6.08 Å². The Labute approximate surface area is 147 Å². The molecule has 1 aromatic carbocycles. The van der Waals surface area contributed by atoms with E-state index in [-0.39, 0.29) is 11.3 Å². The lowest BCUT2D eigenvalue weighted by Crippen LogP contribution is -2.20. The fourth-order valence-electron chi connectivity index (χ4n) is 2.15. The van der Waals surface area contributed by atoms with Gasteiger partial charge in [0.1, 0.15) is 11.3 Å². The van der Waals surface area contributed by atoms with Crippen molar-refractivity contribution in [1.82, 2.24) is 4.98 Å². The van der Waals surface area contributed by atoms with Crippen LogP contribution >= 0.6 is 0 Å². The van der Waals surface area contributed by atoms with Gasteiger partial charge < -0.3 is 19.9 Å². The third kappa shape index (κ3) is 4.67. The van der Waals surface area contributed by atoms with Gasteiger partial charge in [-0.05, 0) is 36.8 Å². The standard InChI is InChI=1S/C18H15NO7/c1-10-13(8-14(18(24)25)17(23)19-10)15(20)6-5-11-3-2-4-12(7-11)26-9-16(21)22/h2-8H,9H2,1H3,(H,19,23)(H,21,22)(H,24,25)/b6-5+. The van der Waals surface area contributed by atoms with Gasteiger partial charge in [0.15, 0.2) is 12.4 Å².